The van der Waals surface area contributed by atoms with E-state index >= 15 is 0 Å². The zero-order valence-electron chi connectivity index (χ0n) is 23.0. The van der Waals surface area contributed by atoms with E-state index in [-0.39, 0.29) is 28.5 Å². The summed E-state index contributed by atoms with van der Waals surface area (Å²) in [5.41, 5.74) is 2.73. The number of imidazole rings is 1. The lowest BCUT2D eigenvalue weighted by Crippen LogP contribution is -2.39. The number of fused-ring (bicyclic) bond motifs is 1. The fourth-order valence-corrected chi connectivity index (χ4v) is 6.07. The first kappa shape index (κ1) is 26.8. The summed E-state index contributed by atoms with van der Waals surface area (Å²) in [6, 6.07) is 14.4. The van der Waals surface area contributed by atoms with Gasteiger partial charge in [0.15, 0.2) is 14.9 Å². The Morgan fingerprint density at radius 1 is 1.05 bits per heavy atom. The summed E-state index contributed by atoms with van der Waals surface area (Å²) >= 11 is 0. The van der Waals surface area contributed by atoms with Crippen molar-refractivity contribution in [1.29, 1.82) is 0 Å². The average Bonchev–Trinajstić information content (AvgIpc) is 3.58. The van der Waals surface area contributed by atoms with Crippen LogP contribution in [0.3, 0.4) is 0 Å². The lowest BCUT2D eigenvalue weighted by atomic mass is 10.1. The van der Waals surface area contributed by atoms with Crippen molar-refractivity contribution in [2.75, 3.05) is 31.9 Å². The number of hydrogen-bond acceptors (Lipinski definition) is 7. The average molecular weight is 575 g/mol. The quantitative estimate of drug-likeness (QED) is 0.317. The number of methoxy groups -OCH3 is 1. The van der Waals surface area contributed by atoms with E-state index in [1.165, 1.54) is 4.68 Å². The Hall–Kier alpha value is -4.45. The largest absolute Gasteiger partial charge is 0.497 e. The van der Waals surface area contributed by atoms with Crippen molar-refractivity contribution in [3.8, 4) is 17.1 Å². The van der Waals surface area contributed by atoms with Crippen molar-refractivity contribution in [1.82, 2.24) is 24.2 Å². The smallest absolute Gasteiger partial charge is 0.277 e. The highest BCUT2D eigenvalue weighted by Crippen LogP contribution is 2.32. The number of ether oxygens (including phenoxy) is 1. The molecule has 1 saturated carbocycles. The number of rotatable bonds is 8. The topological polar surface area (TPSA) is 120 Å². The van der Waals surface area contributed by atoms with Gasteiger partial charge in [0.2, 0.25) is 5.91 Å². The zero-order valence-corrected chi connectivity index (χ0v) is 23.8. The van der Waals surface area contributed by atoms with Crippen LogP contribution in [0.2, 0.25) is 0 Å². The van der Waals surface area contributed by atoms with Gasteiger partial charge in [0.25, 0.3) is 5.91 Å². The number of carbonyl (C=O) groups is 2. The summed E-state index contributed by atoms with van der Waals surface area (Å²) in [4.78, 5) is 34.1. The van der Waals surface area contributed by atoms with Crippen molar-refractivity contribution >= 4 is 27.3 Å². The molecule has 0 unspecified atom stereocenters. The number of anilines is 1. The minimum Gasteiger partial charge on any atom is -0.497 e. The third-order valence-electron chi connectivity index (χ3n) is 7.49. The van der Waals surface area contributed by atoms with Crippen molar-refractivity contribution in [2.45, 2.75) is 30.8 Å². The molecule has 0 N–H and O–H groups in total. The van der Waals surface area contributed by atoms with Gasteiger partial charge in [-0.2, -0.15) is 5.10 Å². The predicted molar refractivity (Wildman–Crippen MR) is 151 cm³/mol. The molecule has 2 aromatic heterocycles. The van der Waals surface area contributed by atoms with E-state index in [0.717, 1.165) is 30.6 Å². The molecular formula is C29H30N6O5S. The summed E-state index contributed by atoms with van der Waals surface area (Å²) < 4.78 is 33.7. The molecule has 12 heteroatoms. The number of amides is 2. The van der Waals surface area contributed by atoms with Crippen LogP contribution >= 0.6 is 0 Å². The van der Waals surface area contributed by atoms with Crippen molar-refractivity contribution in [3.05, 3.63) is 78.0 Å². The molecular weight excluding hydrogens is 544 g/mol. The number of aromatic nitrogens is 4. The van der Waals surface area contributed by atoms with Gasteiger partial charge in [0.1, 0.15) is 17.3 Å². The summed E-state index contributed by atoms with van der Waals surface area (Å²) in [6.07, 6.45) is 6.90. The molecule has 11 nitrogen and oxygen atoms in total. The van der Waals surface area contributed by atoms with Gasteiger partial charge in [-0.3, -0.25) is 9.59 Å². The van der Waals surface area contributed by atoms with E-state index in [9.17, 15) is 18.0 Å². The first-order valence-electron chi connectivity index (χ1n) is 13.3. The molecule has 1 aliphatic carbocycles. The lowest BCUT2D eigenvalue weighted by molar-refractivity contribution is -0.131. The van der Waals surface area contributed by atoms with E-state index in [0.29, 0.717) is 42.2 Å². The molecule has 2 aliphatic rings. The highest BCUT2D eigenvalue weighted by Gasteiger charge is 2.36. The van der Waals surface area contributed by atoms with Crippen LogP contribution in [0.5, 0.6) is 5.75 Å². The molecule has 0 bridgehead atoms. The van der Waals surface area contributed by atoms with Crippen LogP contribution < -0.4 is 9.64 Å². The number of hydrogen-bond donors (Lipinski definition) is 0. The van der Waals surface area contributed by atoms with Crippen LogP contribution in [-0.4, -0.2) is 71.4 Å². The molecule has 0 atom stereocenters. The number of benzene rings is 2. The summed E-state index contributed by atoms with van der Waals surface area (Å²) in [5.74, 6) is 1.32. The Labute approximate surface area is 237 Å². The standard InChI is InChI=1S/C29H30N6O5S/c1-32(28(36)19-4-5-19)18-25-30-15-17-33(25)20-6-8-21(9-7-20)34-16-14-24-26(29(34)37)35(31-27(24)41(3,38)39)22-10-12-23(40-2)13-11-22/h6-13,15,17,19H,4-5,14,16,18H2,1-3H3. The predicted octanol–water partition coefficient (Wildman–Crippen LogP) is 3.04. The van der Waals surface area contributed by atoms with Crippen LogP contribution in [0.4, 0.5) is 5.69 Å². The maximum Gasteiger partial charge on any atom is 0.277 e. The highest BCUT2D eigenvalue weighted by atomic mass is 32.2. The molecule has 3 heterocycles. The monoisotopic (exact) mass is 574 g/mol. The third kappa shape index (κ3) is 4.99. The fourth-order valence-electron chi connectivity index (χ4n) is 5.19. The fraction of sp³-hybridized carbons (Fsp3) is 0.310. The molecule has 212 valence electrons. The molecule has 0 saturated heterocycles. The normalized spacial score (nSPS) is 15.1. The van der Waals surface area contributed by atoms with Crippen molar-refractivity contribution in [3.63, 3.8) is 0 Å². The second kappa shape index (κ2) is 10.2. The first-order valence-corrected chi connectivity index (χ1v) is 15.2. The molecule has 6 rings (SSSR count). The van der Waals surface area contributed by atoms with Crippen LogP contribution in [0.1, 0.15) is 34.7 Å². The summed E-state index contributed by atoms with van der Waals surface area (Å²) in [6.45, 7) is 0.710. The van der Waals surface area contributed by atoms with Crippen LogP contribution in [-0.2, 0) is 27.6 Å². The van der Waals surface area contributed by atoms with Crippen LogP contribution in [0.15, 0.2) is 66.0 Å². The molecule has 4 aromatic rings. The second-order valence-corrected chi connectivity index (χ2v) is 12.4. The van der Waals surface area contributed by atoms with Gasteiger partial charge in [-0.15, -0.1) is 0 Å². The van der Waals surface area contributed by atoms with Gasteiger partial charge < -0.3 is 19.1 Å². The Balaban J connectivity index is 1.29. The Morgan fingerprint density at radius 2 is 1.71 bits per heavy atom. The van der Waals surface area contributed by atoms with Gasteiger partial charge in [0, 0.05) is 55.1 Å². The van der Waals surface area contributed by atoms with E-state index in [2.05, 4.69) is 10.1 Å². The maximum atomic E-state index is 13.9. The van der Waals surface area contributed by atoms with Gasteiger partial charge >= 0.3 is 0 Å². The van der Waals surface area contributed by atoms with Crippen molar-refractivity contribution in [2.24, 2.45) is 5.92 Å². The number of sulfone groups is 1. The zero-order chi connectivity index (χ0) is 28.9. The molecule has 1 fully saturated rings. The number of nitrogens with zero attached hydrogens (tertiary/aromatic N) is 6. The lowest BCUT2D eigenvalue weighted by Gasteiger charge is -2.28. The Kier molecular flexibility index (Phi) is 6.65. The maximum absolute atomic E-state index is 13.9. The van der Waals surface area contributed by atoms with Gasteiger partial charge in [-0.1, -0.05) is 0 Å². The van der Waals surface area contributed by atoms with E-state index < -0.39 is 9.84 Å². The van der Waals surface area contributed by atoms with E-state index in [1.807, 2.05) is 35.0 Å². The third-order valence-corrected chi connectivity index (χ3v) is 8.52. The van der Waals surface area contributed by atoms with E-state index in [1.54, 1.807) is 54.4 Å². The molecule has 2 amide bonds. The molecule has 1 aliphatic heterocycles. The van der Waals surface area contributed by atoms with Gasteiger partial charge in [0.05, 0.1) is 19.3 Å². The minimum absolute atomic E-state index is 0.0792. The highest BCUT2D eigenvalue weighted by molar-refractivity contribution is 7.90. The van der Waals surface area contributed by atoms with Crippen LogP contribution in [0.25, 0.3) is 11.4 Å². The van der Waals surface area contributed by atoms with Crippen LogP contribution in [0, 0.1) is 5.92 Å². The Bertz CT molecular complexity index is 1740. The second-order valence-electron chi connectivity index (χ2n) is 10.4. The van der Waals surface area contributed by atoms with Gasteiger partial charge in [-0.05, 0) is 67.8 Å². The summed E-state index contributed by atoms with van der Waals surface area (Å²) in [7, 11) is -0.307. The molecule has 0 radical (unpaired) electrons. The number of carbonyl (C=O) groups excluding carboxylic acids is 2. The first-order chi connectivity index (χ1) is 19.7. The summed E-state index contributed by atoms with van der Waals surface area (Å²) in [5, 5.41) is 4.30. The SMILES string of the molecule is COc1ccc(-n2nc(S(C)(=O)=O)c3c2C(=O)N(c2ccc(-n4ccnc4CN(C)C(=O)C4CC4)cc2)CC3)cc1. The van der Waals surface area contributed by atoms with Crippen molar-refractivity contribution < 1.29 is 22.7 Å². The Morgan fingerprint density at radius 3 is 2.34 bits per heavy atom. The molecule has 2 aromatic carbocycles. The van der Waals surface area contributed by atoms with E-state index in [4.69, 9.17) is 4.74 Å². The van der Waals surface area contributed by atoms with Gasteiger partial charge in [-0.25, -0.2) is 18.1 Å². The minimum atomic E-state index is -3.66. The molecule has 0 spiro atoms. The molecule has 41 heavy (non-hydrogen) atoms.